The first-order valence-corrected chi connectivity index (χ1v) is 6.53. The number of hydrogen-bond acceptors (Lipinski definition) is 6. The summed E-state index contributed by atoms with van der Waals surface area (Å²) in [6.45, 7) is 0. The average molecular weight is 302 g/mol. The van der Waals surface area contributed by atoms with Crippen molar-refractivity contribution in [2.45, 2.75) is 12.8 Å². The fourth-order valence-corrected chi connectivity index (χ4v) is 1.85. The molecule has 0 N–H and O–H groups in total. The van der Waals surface area contributed by atoms with Crippen LogP contribution in [0, 0.1) is 10.1 Å². The van der Waals surface area contributed by atoms with Crippen LogP contribution >= 0.6 is 0 Å². The van der Waals surface area contributed by atoms with E-state index in [-0.39, 0.29) is 18.7 Å². The van der Waals surface area contributed by atoms with Gasteiger partial charge < -0.3 is 19.6 Å². The maximum atomic E-state index is 11.2. The highest BCUT2D eigenvalue weighted by atomic mass is 16.6. The predicted molar refractivity (Wildman–Crippen MR) is 77.7 cm³/mol. The van der Waals surface area contributed by atoms with E-state index < -0.39 is 10.9 Å². The Morgan fingerprint density at radius 1 is 1.27 bits per heavy atom. The molecule has 0 unspecified atom stereocenters. The standard InChI is InChI=1S/C15H14N2O5/c1-21-14(18)8-7-11-9-13(10-16-15(11)17(19)20)22-12-5-3-2-4-6-12/h2-6,9-10H,7-8H2,1H3. The van der Waals surface area contributed by atoms with Crippen LogP contribution in [0.2, 0.25) is 0 Å². The molecule has 2 aromatic rings. The predicted octanol–water partition coefficient (Wildman–Crippen LogP) is 2.89. The second-order valence-electron chi connectivity index (χ2n) is 4.40. The molecule has 0 radical (unpaired) electrons. The van der Waals surface area contributed by atoms with Crippen LogP contribution in [0.1, 0.15) is 12.0 Å². The minimum Gasteiger partial charge on any atom is -0.469 e. The topological polar surface area (TPSA) is 91.6 Å². The van der Waals surface area contributed by atoms with Crippen molar-refractivity contribution in [2.24, 2.45) is 0 Å². The molecule has 0 aliphatic heterocycles. The Morgan fingerprint density at radius 2 is 2.00 bits per heavy atom. The Hall–Kier alpha value is -2.96. The van der Waals surface area contributed by atoms with Crippen molar-refractivity contribution in [1.29, 1.82) is 0 Å². The van der Waals surface area contributed by atoms with E-state index in [1.165, 1.54) is 19.4 Å². The molecule has 0 saturated carbocycles. The lowest BCUT2D eigenvalue weighted by Crippen LogP contribution is -2.05. The second-order valence-corrected chi connectivity index (χ2v) is 4.40. The van der Waals surface area contributed by atoms with Crippen molar-refractivity contribution >= 4 is 11.8 Å². The molecule has 22 heavy (non-hydrogen) atoms. The van der Waals surface area contributed by atoms with Crippen LogP contribution in [-0.2, 0) is 16.0 Å². The number of nitro groups is 1. The number of benzene rings is 1. The van der Waals surface area contributed by atoms with E-state index in [0.717, 1.165) is 0 Å². The number of para-hydroxylation sites is 1. The van der Waals surface area contributed by atoms with E-state index in [1.54, 1.807) is 12.1 Å². The van der Waals surface area contributed by atoms with Crippen LogP contribution < -0.4 is 4.74 Å². The van der Waals surface area contributed by atoms with Gasteiger partial charge in [-0.15, -0.1) is 0 Å². The molecule has 114 valence electrons. The minimum atomic E-state index is -0.584. The van der Waals surface area contributed by atoms with E-state index in [9.17, 15) is 14.9 Å². The Labute approximate surface area is 126 Å². The van der Waals surface area contributed by atoms with Gasteiger partial charge >= 0.3 is 11.8 Å². The second kappa shape index (κ2) is 7.16. The van der Waals surface area contributed by atoms with Crippen LogP contribution in [0.25, 0.3) is 0 Å². The molecule has 0 spiro atoms. The van der Waals surface area contributed by atoms with Gasteiger partial charge in [0.1, 0.15) is 5.75 Å². The molecule has 7 heteroatoms. The molecular formula is C15H14N2O5. The normalized spacial score (nSPS) is 10.0. The highest BCUT2D eigenvalue weighted by Gasteiger charge is 2.18. The molecule has 7 nitrogen and oxygen atoms in total. The number of esters is 1. The minimum absolute atomic E-state index is 0.0355. The van der Waals surface area contributed by atoms with Crippen molar-refractivity contribution in [3.63, 3.8) is 0 Å². The number of nitrogens with zero attached hydrogens (tertiary/aromatic N) is 2. The Morgan fingerprint density at radius 3 is 2.64 bits per heavy atom. The van der Waals surface area contributed by atoms with Crippen LogP contribution in [0.5, 0.6) is 11.5 Å². The number of carbonyl (C=O) groups is 1. The summed E-state index contributed by atoms with van der Waals surface area (Å²) < 4.78 is 10.1. The van der Waals surface area contributed by atoms with E-state index in [2.05, 4.69) is 9.72 Å². The third kappa shape index (κ3) is 4.02. The molecule has 1 aromatic heterocycles. The Kier molecular flexibility index (Phi) is 5.02. The first kappa shape index (κ1) is 15.4. The van der Waals surface area contributed by atoms with Gasteiger partial charge in [0.2, 0.25) is 0 Å². The molecule has 0 aliphatic carbocycles. The summed E-state index contributed by atoms with van der Waals surface area (Å²) in [5.74, 6) is 0.238. The number of rotatable bonds is 6. The summed E-state index contributed by atoms with van der Waals surface area (Å²) in [6, 6.07) is 10.5. The molecule has 0 atom stereocenters. The number of pyridine rings is 1. The van der Waals surface area contributed by atoms with Gasteiger partial charge in [-0.1, -0.05) is 18.2 Å². The summed E-state index contributed by atoms with van der Waals surface area (Å²) in [5.41, 5.74) is 0.323. The molecule has 1 heterocycles. The monoisotopic (exact) mass is 302 g/mol. The summed E-state index contributed by atoms with van der Waals surface area (Å²) in [5, 5.41) is 11.0. The van der Waals surface area contributed by atoms with Crippen LogP contribution in [0.15, 0.2) is 42.6 Å². The van der Waals surface area contributed by atoms with Gasteiger partial charge in [-0.25, -0.2) is 0 Å². The third-order valence-corrected chi connectivity index (χ3v) is 2.90. The van der Waals surface area contributed by atoms with Gasteiger partial charge in [0.15, 0.2) is 11.9 Å². The number of methoxy groups -OCH3 is 1. The van der Waals surface area contributed by atoms with Gasteiger partial charge in [0.05, 0.1) is 12.7 Å². The molecule has 0 saturated heterocycles. The summed E-state index contributed by atoms with van der Waals surface area (Å²) in [4.78, 5) is 25.4. The fraction of sp³-hybridized carbons (Fsp3) is 0.200. The van der Waals surface area contributed by atoms with E-state index in [1.807, 2.05) is 18.2 Å². The van der Waals surface area contributed by atoms with Crippen molar-refractivity contribution in [1.82, 2.24) is 4.98 Å². The zero-order valence-electron chi connectivity index (χ0n) is 11.9. The fourth-order valence-electron chi connectivity index (χ4n) is 1.85. The number of hydrogen-bond donors (Lipinski definition) is 0. The lowest BCUT2D eigenvalue weighted by Gasteiger charge is -2.06. The Bertz CT molecular complexity index is 673. The summed E-state index contributed by atoms with van der Waals surface area (Å²) in [6.07, 6.45) is 1.47. The smallest absolute Gasteiger partial charge is 0.366 e. The van der Waals surface area contributed by atoms with Gasteiger partial charge in [0.25, 0.3) is 0 Å². The van der Waals surface area contributed by atoms with Crippen molar-refractivity contribution in [3.8, 4) is 11.5 Å². The molecular weight excluding hydrogens is 288 g/mol. The number of aromatic nitrogens is 1. The quantitative estimate of drug-likeness (QED) is 0.463. The number of aryl methyl sites for hydroxylation is 1. The highest BCUT2D eigenvalue weighted by molar-refractivity contribution is 5.69. The lowest BCUT2D eigenvalue weighted by molar-refractivity contribution is -0.390. The highest BCUT2D eigenvalue weighted by Crippen LogP contribution is 2.26. The van der Waals surface area contributed by atoms with E-state index in [4.69, 9.17) is 4.74 Å². The maximum Gasteiger partial charge on any atom is 0.366 e. The maximum absolute atomic E-state index is 11.2. The molecule has 0 fully saturated rings. The summed E-state index contributed by atoms with van der Waals surface area (Å²) >= 11 is 0. The summed E-state index contributed by atoms with van der Waals surface area (Å²) in [7, 11) is 1.27. The average Bonchev–Trinajstić information content (AvgIpc) is 2.53. The Balaban J connectivity index is 2.22. The first-order chi connectivity index (χ1) is 10.6. The number of ether oxygens (including phenoxy) is 2. The molecule has 1 aromatic carbocycles. The van der Waals surface area contributed by atoms with Crippen LogP contribution in [0.4, 0.5) is 5.82 Å². The zero-order valence-corrected chi connectivity index (χ0v) is 11.9. The van der Waals surface area contributed by atoms with Gasteiger partial charge in [-0.3, -0.25) is 4.79 Å². The van der Waals surface area contributed by atoms with E-state index in [0.29, 0.717) is 17.1 Å². The first-order valence-electron chi connectivity index (χ1n) is 6.53. The van der Waals surface area contributed by atoms with Gasteiger partial charge in [0, 0.05) is 6.42 Å². The zero-order chi connectivity index (χ0) is 15.9. The third-order valence-electron chi connectivity index (χ3n) is 2.90. The van der Waals surface area contributed by atoms with Gasteiger partial charge in [-0.05, 0) is 34.5 Å². The number of carbonyl (C=O) groups excluding carboxylic acids is 1. The van der Waals surface area contributed by atoms with Crippen LogP contribution in [-0.4, -0.2) is 23.0 Å². The molecule has 0 aliphatic rings. The van der Waals surface area contributed by atoms with Crippen molar-refractivity contribution < 1.29 is 19.2 Å². The largest absolute Gasteiger partial charge is 0.469 e. The van der Waals surface area contributed by atoms with E-state index >= 15 is 0 Å². The lowest BCUT2D eigenvalue weighted by atomic mass is 10.1. The molecule has 0 amide bonds. The molecule has 2 rings (SSSR count). The van der Waals surface area contributed by atoms with Crippen molar-refractivity contribution in [2.75, 3.05) is 7.11 Å². The SMILES string of the molecule is COC(=O)CCc1cc(Oc2ccccc2)cnc1[N+](=O)[O-]. The van der Waals surface area contributed by atoms with Crippen LogP contribution in [0.3, 0.4) is 0 Å². The van der Waals surface area contributed by atoms with Crippen molar-refractivity contribution in [3.05, 3.63) is 58.3 Å². The molecule has 0 bridgehead atoms. The van der Waals surface area contributed by atoms with Gasteiger partial charge in [-0.2, -0.15) is 0 Å².